The summed E-state index contributed by atoms with van der Waals surface area (Å²) in [5, 5.41) is 0. The van der Waals surface area contributed by atoms with E-state index in [1.807, 2.05) is 0 Å². The van der Waals surface area contributed by atoms with Crippen LogP contribution in [0, 0.1) is 0 Å². The van der Waals surface area contributed by atoms with Crippen molar-refractivity contribution in [3.63, 3.8) is 0 Å². The van der Waals surface area contributed by atoms with Gasteiger partial charge in [0.15, 0.2) is 0 Å². The average Bonchev–Trinajstić information content (AvgIpc) is 1.87. The summed E-state index contributed by atoms with van der Waals surface area (Å²) < 4.78 is 27.0. The molecule has 0 aliphatic carbocycles. The molecule has 0 aromatic carbocycles. The molecule has 0 amide bonds. The predicted octanol–water partition coefficient (Wildman–Crippen LogP) is -2.41. The Kier molecular flexibility index (Phi) is 20.6. The third kappa shape index (κ3) is 33.6. The second-order valence-corrected chi connectivity index (χ2v) is 2.94. The molecule has 0 aliphatic heterocycles. The minimum absolute atomic E-state index is 0. The number of rotatable bonds is 4. The van der Waals surface area contributed by atoms with Crippen LogP contribution in [0.2, 0.25) is 0 Å². The first kappa shape index (κ1) is 18.6. The predicted molar refractivity (Wildman–Crippen MR) is 36.1 cm³/mol. The average molecular weight is 276 g/mol. The summed E-state index contributed by atoms with van der Waals surface area (Å²) in [7, 11) is -5.77. The third-order valence-corrected chi connectivity index (χ3v) is 1.57. The zero-order valence-electron chi connectivity index (χ0n) is 7.57. The molecule has 0 aromatic rings. The molecule has 0 saturated carbocycles. The number of hydrogen-bond acceptors (Lipinski definition) is 6. The Balaban J connectivity index is -0.000000143. The maximum Gasteiger partial charge on any atom is 2.00 e. The molecule has 0 heterocycles. The molecule has 0 aliphatic rings. The molecular weight excluding hydrogens is 266 g/mol. The molecule has 0 aromatic heterocycles. The normalized spacial score (nSPS) is 6.92. The minimum atomic E-state index is -2.89. The van der Waals surface area contributed by atoms with Gasteiger partial charge < -0.3 is 27.4 Å². The second kappa shape index (κ2) is 14.4. The molecule has 0 spiro atoms. The fraction of sp³-hybridized carbons (Fsp3) is 1.00. The molecular formula is C4H10O6Si2Zn. The van der Waals surface area contributed by atoms with Crippen LogP contribution in [0.5, 0.6) is 0 Å². The standard InChI is InChI=1S/2C2H5O3Si.Zn/c2*1-2-5-6(3)4;/h2*2H2,1H3;/q2*-1;+2. The fourth-order valence-electron chi connectivity index (χ4n) is 0.236. The van der Waals surface area contributed by atoms with Crippen molar-refractivity contribution in [1.82, 2.24) is 0 Å². The van der Waals surface area contributed by atoms with Crippen molar-refractivity contribution in [2.24, 2.45) is 0 Å². The summed E-state index contributed by atoms with van der Waals surface area (Å²) in [5.41, 5.74) is 0. The summed E-state index contributed by atoms with van der Waals surface area (Å²) in [6.45, 7) is 3.75. The van der Waals surface area contributed by atoms with E-state index >= 15 is 0 Å². The van der Waals surface area contributed by atoms with Crippen LogP contribution in [0.1, 0.15) is 13.8 Å². The van der Waals surface area contributed by atoms with Crippen LogP contribution in [0.15, 0.2) is 0 Å². The monoisotopic (exact) mass is 274 g/mol. The van der Waals surface area contributed by atoms with Gasteiger partial charge in [-0.25, -0.2) is 0 Å². The van der Waals surface area contributed by atoms with Crippen LogP contribution in [-0.2, 0) is 37.3 Å². The SMILES string of the molecule is CCO[Si](=O)[O-].CCO[Si](=O)[O-].[Zn+2]. The molecule has 0 saturated heterocycles. The summed E-state index contributed by atoms with van der Waals surface area (Å²) in [6.07, 6.45) is 0. The van der Waals surface area contributed by atoms with Crippen LogP contribution in [0.25, 0.3) is 0 Å². The number of hydrogen-bond donors (Lipinski definition) is 0. The van der Waals surface area contributed by atoms with E-state index in [2.05, 4.69) is 8.85 Å². The Morgan fingerprint density at radius 1 is 1.00 bits per heavy atom. The van der Waals surface area contributed by atoms with Crippen LogP contribution < -0.4 is 9.59 Å². The van der Waals surface area contributed by atoms with Crippen LogP contribution in [0.3, 0.4) is 0 Å². The van der Waals surface area contributed by atoms with E-state index in [4.69, 9.17) is 0 Å². The largest absolute Gasteiger partial charge is 2.00 e. The molecule has 0 rings (SSSR count). The van der Waals surface area contributed by atoms with E-state index in [0.29, 0.717) is 0 Å². The zero-order valence-corrected chi connectivity index (χ0v) is 12.5. The van der Waals surface area contributed by atoms with Crippen molar-refractivity contribution < 1.29 is 46.8 Å². The van der Waals surface area contributed by atoms with Gasteiger partial charge in [0.1, 0.15) is 0 Å². The Morgan fingerprint density at radius 3 is 1.23 bits per heavy atom. The quantitative estimate of drug-likeness (QED) is 0.530. The molecule has 0 N–H and O–H groups in total. The van der Waals surface area contributed by atoms with E-state index < -0.39 is 18.3 Å². The molecule has 0 radical (unpaired) electrons. The summed E-state index contributed by atoms with van der Waals surface area (Å²) >= 11 is 0. The molecule has 13 heavy (non-hydrogen) atoms. The summed E-state index contributed by atoms with van der Waals surface area (Å²) in [4.78, 5) is 18.9. The first-order valence-electron chi connectivity index (χ1n) is 3.22. The van der Waals surface area contributed by atoms with Crippen molar-refractivity contribution >= 4 is 18.3 Å². The van der Waals surface area contributed by atoms with E-state index in [1.54, 1.807) is 13.8 Å². The first-order valence-corrected chi connectivity index (χ1v) is 5.67. The Morgan fingerprint density at radius 2 is 1.23 bits per heavy atom. The van der Waals surface area contributed by atoms with Crippen molar-refractivity contribution in [1.29, 1.82) is 0 Å². The van der Waals surface area contributed by atoms with Gasteiger partial charge in [-0.3, -0.25) is 0 Å². The summed E-state index contributed by atoms with van der Waals surface area (Å²) in [6, 6.07) is 0. The molecule has 0 atom stereocenters. The first-order chi connectivity index (χ1) is 5.54. The summed E-state index contributed by atoms with van der Waals surface area (Å²) in [5.74, 6) is 0. The Labute approximate surface area is 92.4 Å². The van der Waals surface area contributed by atoms with Crippen molar-refractivity contribution in [2.75, 3.05) is 13.2 Å². The van der Waals surface area contributed by atoms with Gasteiger partial charge in [0.05, 0.1) is 0 Å². The van der Waals surface area contributed by atoms with E-state index in [9.17, 15) is 18.5 Å². The topological polar surface area (TPSA) is 98.7 Å². The zero-order chi connectivity index (χ0) is 9.98. The van der Waals surface area contributed by atoms with Crippen LogP contribution in [0.4, 0.5) is 0 Å². The van der Waals surface area contributed by atoms with Gasteiger partial charge >= 0.3 is 37.8 Å². The van der Waals surface area contributed by atoms with Gasteiger partial charge in [-0.2, -0.15) is 0 Å². The van der Waals surface area contributed by atoms with Gasteiger partial charge in [0.2, 0.25) is 0 Å². The molecule has 0 bridgehead atoms. The minimum Gasteiger partial charge on any atom is -0.588 e. The van der Waals surface area contributed by atoms with Crippen molar-refractivity contribution in [3.05, 3.63) is 0 Å². The third-order valence-electron chi connectivity index (χ3n) is 0.524. The van der Waals surface area contributed by atoms with E-state index in [-0.39, 0.29) is 32.7 Å². The van der Waals surface area contributed by atoms with Crippen LogP contribution >= 0.6 is 0 Å². The fourth-order valence-corrected chi connectivity index (χ4v) is 0.707. The molecule has 72 valence electrons. The van der Waals surface area contributed by atoms with Gasteiger partial charge in [0.25, 0.3) is 0 Å². The van der Waals surface area contributed by atoms with Gasteiger partial charge in [0, 0.05) is 13.2 Å². The van der Waals surface area contributed by atoms with E-state index in [1.165, 1.54) is 0 Å². The van der Waals surface area contributed by atoms with Crippen LogP contribution in [-0.4, -0.2) is 31.6 Å². The molecule has 0 unspecified atom stereocenters. The van der Waals surface area contributed by atoms with Gasteiger partial charge in [-0.15, -0.1) is 0 Å². The molecule has 6 nitrogen and oxygen atoms in total. The second-order valence-electron chi connectivity index (χ2n) is 1.37. The maximum atomic E-state index is 9.45. The van der Waals surface area contributed by atoms with Gasteiger partial charge in [-0.1, -0.05) is 0 Å². The Bertz CT molecular complexity index is 127. The van der Waals surface area contributed by atoms with Gasteiger partial charge in [-0.05, 0) is 13.8 Å². The molecule has 9 heteroatoms. The smallest absolute Gasteiger partial charge is 0.588 e. The maximum absolute atomic E-state index is 9.45. The van der Waals surface area contributed by atoms with E-state index in [0.717, 1.165) is 0 Å². The van der Waals surface area contributed by atoms with Crippen molar-refractivity contribution in [3.8, 4) is 0 Å². The Hall–Kier alpha value is -0.143. The van der Waals surface area contributed by atoms with Crippen molar-refractivity contribution in [2.45, 2.75) is 13.8 Å². The molecule has 0 fully saturated rings.